The number of halogens is 4. The van der Waals surface area contributed by atoms with Crippen molar-refractivity contribution >= 4 is 17.6 Å². The lowest BCUT2D eigenvalue weighted by atomic mass is 10.2. The first-order chi connectivity index (χ1) is 6.86. The van der Waals surface area contributed by atoms with Gasteiger partial charge in [0.05, 0.1) is 17.7 Å². The Balaban J connectivity index is 3.23. The number of esters is 1. The first kappa shape index (κ1) is 11.8. The number of carbonyl (C=O) groups excluding carboxylic acids is 1. The van der Waals surface area contributed by atoms with E-state index in [9.17, 15) is 18.0 Å². The molecule has 15 heavy (non-hydrogen) atoms. The van der Waals surface area contributed by atoms with Crippen molar-refractivity contribution in [2.24, 2.45) is 0 Å². The van der Waals surface area contributed by atoms with E-state index in [0.717, 1.165) is 13.3 Å². The molecule has 0 radical (unpaired) electrons. The minimum atomic E-state index is -4.62. The summed E-state index contributed by atoms with van der Waals surface area (Å²) in [5.74, 6) is -0.937. The molecule has 0 aliphatic heterocycles. The molecule has 0 saturated carbocycles. The standard InChI is InChI=1S/C8H5ClF3NO2/c1-15-7(14)4-2-6(8(10,11)12)13-3-5(4)9/h2-3H,1H3. The van der Waals surface area contributed by atoms with Crippen molar-refractivity contribution in [2.75, 3.05) is 7.11 Å². The number of methoxy groups -OCH3 is 1. The van der Waals surface area contributed by atoms with Crippen molar-refractivity contribution in [3.05, 3.63) is 28.5 Å². The van der Waals surface area contributed by atoms with Crippen LogP contribution in [-0.2, 0) is 10.9 Å². The zero-order valence-electron chi connectivity index (χ0n) is 7.43. The van der Waals surface area contributed by atoms with Crippen molar-refractivity contribution < 1.29 is 22.7 Å². The van der Waals surface area contributed by atoms with Crippen LogP contribution in [-0.4, -0.2) is 18.1 Å². The summed E-state index contributed by atoms with van der Waals surface area (Å²) >= 11 is 5.49. The van der Waals surface area contributed by atoms with Crippen molar-refractivity contribution in [1.82, 2.24) is 4.98 Å². The van der Waals surface area contributed by atoms with Crippen LogP contribution in [0.4, 0.5) is 13.2 Å². The molecular weight excluding hydrogens is 235 g/mol. The van der Waals surface area contributed by atoms with Gasteiger partial charge in [-0.25, -0.2) is 4.79 Å². The Bertz CT molecular complexity index is 392. The minimum absolute atomic E-state index is 0.185. The summed E-state index contributed by atoms with van der Waals surface area (Å²) in [6, 6.07) is 0.550. The molecule has 0 aromatic carbocycles. The van der Waals surface area contributed by atoms with Crippen LogP contribution in [0, 0.1) is 0 Å². The molecule has 0 N–H and O–H groups in total. The molecule has 0 fully saturated rings. The summed E-state index contributed by atoms with van der Waals surface area (Å²) < 4.78 is 40.9. The molecule has 1 rings (SSSR count). The first-order valence-corrected chi connectivity index (χ1v) is 4.05. The molecule has 0 spiro atoms. The lowest BCUT2D eigenvalue weighted by Gasteiger charge is -2.07. The number of aromatic nitrogens is 1. The predicted molar refractivity (Wildman–Crippen MR) is 45.6 cm³/mol. The SMILES string of the molecule is COC(=O)c1cc(C(F)(F)F)ncc1Cl. The Kier molecular flexibility index (Phi) is 3.18. The van der Waals surface area contributed by atoms with Gasteiger partial charge in [0.15, 0.2) is 0 Å². The second-order valence-electron chi connectivity index (χ2n) is 2.54. The molecule has 0 unspecified atom stereocenters. The largest absolute Gasteiger partial charge is 0.465 e. The number of hydrogen-bond acceptors (Lipinski definition) is 3. The minimum Gasteiger partial charge on any atom is -0.465 e. The van der Waals surface area contributed by atoms with E-state index in [1.165, 1.54) is 0 Å². The van der Waals surface area contributed by atoms with Gasteiger partial charge >= 0.3 is 12.1 Å². The molecule has 0 aliphatic rings. The number of alkyl halides is 3. The zero-order chi connectivity index (χ0) is 11.6. The fourth-order valence-corrected chi connectivity index (χ4v) is 1.04. The highest BCUT2D eigenvalue weighted by atomic mass is 35.5. The Morgan fingerprint density at radius 1 is 1.53 bits per heavy atom. The normalized spacial score (nSPS) is 11.3. The first-order valence-electron chi connectivity index (χ1n) is 3.67. The second-order valence-corrected chi connectivity index (χ2v) is 2.95. The van der Waals surface area contributed by atoms with Crippen LogP contribution >= 0.6 is 11.6 Å². The summed E-state index contributed by atoms with van der Waals surface area (Å²) in [4.78, 5) is 14.1. The number of hydrogen-bond donors (Lipinski definition) is 0. The maximum atomic E-state index is 12.2. The molecule has 1 aromatic rings. The zero-order valence-corrected chi connectivity index (χ0v) is 8.19. The van der Waals surface area contributed by atoms with Crippen LogP contribution in [0.15, 0.2) is 12.3 Å². The van der Waals surface area contributed by atoms with Crippen LogP contribution in [0.25, 0.3) is 0 Å². The van der Waals surface area contributed by atoms with Crippen molar-refractivity contribution in [1.29, 1.82) is 0 Å². The molecule has 1 heterocycles. The van der Waals surface area contributed by atoms with E-state index >= 15 is 0 Å². The molecule has 82 valence electrons. The van der Waals surface area contributed by atoms with Crippen LogP contribution in [0.3, 0.4) is 0 Å². The number of carbonyl (C=O) groups is 1. The fraction of sp³-hybridized carbons (Fsp3) is 0.250. The van der Waals surface area contributed by atoms with Gasteiger partial charge in [-0.05, 0) is 6.07 Å². The third kappa shape index (κ3) is 2.59. The molecule has 0 aliphatic carbocycles. The van der Waals surface area contributed by atoms with Gasteiger partial charge in [0, 0.05) is 6.20 Å². The Morgan fingerprint density at radius 3 is 2.60 bits per heavy atom. The van der Waals surface area contributed by atoms with Gasteiger partial charge in [0.25, 0.3) is 0 Å². The fourth-order valence-electron chi connectivity index (χ4n) is 0.860. The topological polar surface area (TPSA) is 39.2 Å². The van der Waals surface area contributed by atoms with E-state index in [1.807, 2.05) is 0 Å². The van der Waals surface area contributed by atoms with Crippen molar-refractivity contribution in [2.45, 2.75) is 6.18 Å². The van der Waals surface area contributed by atoms with E-state index in [2.05, 4.69) is 9.72 Å². The number of ether oxygens (including phenoxy) is 1. The van der Waals surface area contributed by atoms with Gasteiger partial charge in [-0.2, -0.15) is 13.2 Å². The molecule has 7 heteroatoms. The third-order valence-corrected chi connectivity index (χ3v) is 1.85. The Morgan fingerprint density at radius 2 is 2.13 bits per heavy atom. The molecule has 0 amide bonds. The molecule has 3 nitrogen and oxygen atoms in total. The molecule has 1 aromatic heterocycles. The van der Waals surface area contributed by atoms with E-state index in [0.29, 0.717) is 6.07 Å². The maximum absolute atomic E-state index is 12.2. The summed E-state index contributed by atoms with van der Waals surface area (Å²) in [7, 11) is 1.05. The van der Waals surface area contributed by atoms with Gasteiger partial charge < -0.3 is 4.74 Å². The molecule has 0 saturated heterocycles. The monoisotopic (exact) mass is 239 g/mol. The molecular formula is C8H5ClF3NO2. The van der Waals surface area contributed by atoms with Gasteiger partial charge in [0.1, 0.15) is 5.69 Å². The highest BCUT2D eigenvalue weighted by Gasteiger charge is 2.33. The van der Waals surface area contributed by atoms with E-state index < -0.39 is 17.8 Å². The predicted octanol–water partition coefficient (Wildman–Crippen LogP) is 2.54. The lowest BCUT2D eigenvalue weighted by Crippen LogP contribution is -2.11. The van der Waals surface area contributed by atoms with Crippen LogP contribution < -0.4 is 0 Å². The molecule has 0 atom stereocenters. The van der Waals surface area contributed by atoms with E-state index in [4.69, 9.17) is 11.6 Å². The van der Waals surface area contributed by atoms with Crippen LogP contribution in [0.1, 0.15) is 16.1 Å². The highest BCUT2D eigenvalue weighted by molar-refractivity contribution is 6.33. The lowest BCUT2D eigenvalue weighted by molar-refractivity contribution is -0.141. The van der Waals surface area contributed by atoms with Gasteiger partial charge in [-0.1, -0.05) is 11.6 Å². The highest BCUT2D eigenvalue weighted by Crippen LogP contribution is 2.29. The second kappa shape index (κ2) is 4.06. The van der Waals surface area contributed by atoms with Gasteiger partial charge in [-0.3, -0.25) is 4.98 Å². The smallest absolute Gasteiger partial charge is 0.433 e. The summed E-state index contributed by atoms with van der Waals surface area (Å²) in [5.41, 5.74) is -1.55. The van der Waals surface area contributed by atoms with Crippen molar-refractivity contribution in [3.8, 4) is 0 Å². The summed E-state index contributed by atoms with van der Waals surface area (Å²) in [6.07, 6.45) is -3.86. The Hall–Kier alpha value is -1.30. The third-order valence-electron chi connectivity index (χ3n) is 1.55. The Labute approximate surface area is 87.8 Å². The average Bonchev–Trinajstić information content (AvgIpc) is 2.15. The van der Waals surface area contributed by atoms with Crippen molar-refractivity contribution in [3.63, 3.8) is 0 Å². The summed E-state index contributed by atoms with van der Waals surface area (Å²) in [5, 5.41) is -0.185. The molecule has 0 bridgehead atoms. The quantitative estimate of drug-likeness (QED) is 0.707. The van der Waals surface area contributed by atoms with Crippen LogP contribution in [0.5, 0.6) is 0 Å². The average molecular weight is 240 g/mol. The van der Waals surface area contributed by atoms with E-state index in [1.54, 1.807) is 0 Å². The van der Waals surface area contributed by atoms with E-state index in [-0.39, 0.29) is 10.6 Å². The maximum Gasteiger partial charge on any atom is 0.433 e. The van der Waals surface area contributed by atoms with Crippen LogP contribution in [0.2, 0.25) is 5.02 Å². The van der Waals surface area contributed by atoms with Gasteiger partial charge in [0.2, 0.25) is 0 Å². The number of pyridine rings is 1. The summed E-state index contributed by atoms with van der Waals surface area (Å²) in [6.45, 7) is 0. The number of nitrogens with zero attached hydrogens (tertiary/aromatic N) is 1. The number of rotatable bonds is 1. The van der Waals surface area contributed by atoms with Gasteiger partial charge in [-0.15, -0.1) is 0 Å².